The normalized spacial score (nSPS) is 23.0. The Bertz CT molecular complexity index is 959. The summed E-state index contributed by atoms with van der Waals surface area (Å²) in [6.45, 7) is 0.542. The van der Waals surface area contributed by atoms with Crippen LogP contribution < -0.4 is 0 Å². The molecular weight excluding hydrogens is 332 g/mol. The van der Waals surface area contributed by atoms with E-state index in [0.717, 1.165) is 35.5 Å². The van der Waals surface area contributed by atoms with E-state index in [9.17, 15) is 4.79 Å². The van der Waals surface area contributed by atoms with Gasteiger partial charge in [0.1, 0.15) is 5.82 Å². The molecule has 0 radical (unpaired) electrons. The number of rotatable bonds is 4. The topological polar surface area (TPSA) is 99.8 Å². The highest BCUT2D eigenvalue weighted by Gasteiger charge is 2.39. The van der Waals surface area contributed by atoms with Gasteiger partial charge >= 0.3 is 0 Å². The maximum absolute atomic E-state index is 13.2. The minimum Gasteiger partial charge on any atom is -0.380 e. The fourth-order valence-corrected chi connectivity index (χ4v) is 3.65. The van der Waals surface area contributed by atoms with Gasteiger partial charge in [0.25, 0.3) is 5.91 Å². The molecule has 1 saturated carbocycles. The molecule has 134 valence electrons. The highest BCUT2D eigenvalue weighted by atomic mass is 16.5. The zero-order valence-corrected chi connectivity index (χ0v) is 14.5. The molecule has 2 fully saturated rings. The smallest absolute Gasteiger partial charge is 0.254 e. The average molecular weight is 352 g/mol. The molecule has 2 aliphatic rings. The molecule has 1 amide bonds. The maximum atomic E-state index is 13.2. The van der Waals surface area contributed by atoms with Gasteiger partial charge in [0.2, 0.25) is 0 Å². The van der Waals surface area contributed by atoms with Gasteiger partial charge in [-0.1, -0.05) is 0 Å². The quantitative estimate of drug-likeness (QED) is 0.749. The molecule has 8 nitrogen and oxygen atoms in total. The van der Waals surface area contributed by atoms with Gasteiger partial charge in [0.15, 0.2) is 5.82 Å². The Morgan fingerprint density at radius 3 is 3.04 bits per heavy atom. The number of carbonyl (C=O) groups is 1. The Hall–Kier alpha value is -2.74. The molecule has 0 bridgehead atoms. The van der Waals surface area contributed by atoms with Crippen molar-refractivity contribution in [3.8, 4) is 0 Å². The maximum Gasteiger partial charge on any atom is 0.254 e. The number of nitrogens with zero attached hydrogens (tertiary/aromatic N) is 4. The van der Waals surface area contributed by atoms with Crippen LogP contribution in [0.4, 0.5) is 0 Å². The van der Waals surface area contributed by atoms with Gasteiger partial charge in [-0.2, -0.15) is 5.10 Å². The van der Waals surface area contributed by atoms with Crippen LogP contribution in [0, 0.1) is 0 Å². The van der Waals surface area contributed by atoms with E-state index in [2.05, 4.69) is 25.1 Å². The molecule has 26 heavy (non-hydrogen) atoms. The monoisotopic (exact) mass is 352 g/mol. The summed E-state index contributed by atoms with van der Waals surface area (Å²) < 4.78 is 5.53. The number of methoxy groups -OCH3 is 1. The van der Waals surface area contributed by atoms with E-state index in [1.165, 1.54) is 0 Å². The van der Waals surface area contributed by atoms with E-state index in [4.69, 9.17) is 4.74 Å². The van der Waals surface area contributed by atoms with E-state index in [-0.39, 0.29) is 18.1 Å². The highest BCUT2D eigenvalue weighted by molar-refractivity contribution is 5.97. The molecule has 3 heterocycles. The van der Waals surface area contributed by atoms with E-state index in [0.29, 0.717) is 24.4 Å². The molecule has 0 spiro atoms. The van der Waals surface area contributed by atoms with E-state index in [1.807, 2.05) is 23.1 Å². The zero-order chi connectivity index (χ0) is 17.7. The molecule has 1 aromatic carbocycles. The number of imidazole rings is 1. The lowest BCUT2D eigenvalue weighted by atomic mass is 10.1. The molecule has 2 N–H and O–H groups in total. The molecule has 8 heteroatoms. The van der Waals surface area contributed by atoms with Crippen molar-refractivity contribution in [3.63, 3.8) is 0 Å². The fraction of sp³-hybridized carbons (Fsp3) is 0.444. The number of likely N-dealkylation sites (tertiary alicyclic amines) is 1. The van der Waals surface area contributed by atoms with E-state index < -0.39 is 0 Å². The van der Waals surface area contributed by atoms with Crippen LogP contribution in [0.5, 0.6) is 0 Å². The zero-order valence-electron chi connectivity index (χ0n) is 14.5. The number of ether oxygens (including phenoxy) is 1. The van der Waals surface area contributed by atoms with Crippen LogP contribution in [0.1, 0.15) is 53.2 Å². The number of amides is 1. The summed E-state index contributed by atoms with van der Waals surface area (Å²) in [4.78, 5) is 26.9. The Balaban J connectivity index is 1.46. The third kappa shape index (κ3) is 2.57. The fourth-order valence-electron chi connectivity index (χ4n) is 3.65. The second-order valence-corrected chi connectivity index (χ2v) is 7.05. The first kappa shape index (κ1) is 15.5. The Labute approximate surface area is 150 Å². The number of hydrogen-bond donors (Lipinski definition) is 2. The summed E-state index contributed by atoms with van der Waals surface area (Å²) in [6, 6.07) is 5.37. The Morgan fingerprint density at radius 2 is 2.23 bits per heavy atom. The Kier molecular flexibility index (Phi) is 3.53. The third-order valence-electron chi connectivity index (χ3n) is 5.30. The van der Waals surface area contributed by atoms with Crippen molar-refractivity contribution in [2.24, 2.45) is 0 Å². The predicted octanol–water partition coefficient (Wildman–Crippen LogP) is 2.16. The number of benzene rings is 1. The molecule has 1 aliphatic carbocycles. The molecule has 3 aromatic rings. The first-order chi connectivity index (χ1) is 12.7. The van der Waals surface area contributed by atoms with Crippen molar-refractivity contribution in [2.75, 3.05) is 13.7 Å². The minimum absolute atomic E-state index is 0.00527. The second-order valence-electron chi connectivity index (χ2n) is 7.05. The minimum atomic E-state index is -0.148. The summed E-state index contributed by atoms with van der Waals surface area (Å²) in [6.07, 6.45) is 4.64. The number of carbonyl (C=O) groups excluding carboxylic acids is 1. The first-order valence-electron chi connectivity index (χ1n) is 8.92. The van der Waals surface area contributed by atoms with Gasteiger partial charge < -0.3 is 14.6 Å². The molecule has 2 aromatic heterocycles. The Morgan fingerprint density at radius 1 is 1.35 bits per heavy atom. The summed E-state index contributed by atoms with van der Waals surface area (Å²) in [5, 5.41) is 7.39. The van der Waals surface area contributed by atoms with Crippen molar-refractivity contribution in [1.29, 1.82) is 0 Å². The predicted molar refractivity (Wildman–Crippen MR) is 93.6 cm³/mol. The van der Waals surface area contributed by atoms with Crippen molar-refractivity contribution in [3.05, 3.63) is 41.7 Å². The van der Waals surface area contributed by atoms with Crippen molar-refractivity contribution in [1.82, 2.24) is 30.0 Å². The van der Waals surface area contributed by atoms with Gasteiger partial charge in [-0.15, -0.1) is 0 Å². The standard InChI is InChI=1S/C18H20N6O2/c1-26-12-7-15(17-21-16(22-23-17)10-2-3-10)24(8-12)18(25)11-4-5-13-14(6-11)20-9-19-13/h4-6,9-10,12,15H,2-3,7-8H2,1H3,(H,19,20)(H,21,22,23)/t12-,15+/m1/s1. The molecule has 0 unspecified atom stereocenters. The number of hydrogen-bond acceptors (Lipinski definition) is 5. The highest BCUT2D eigenvalue weighted by Crippen LogP contribution is 2.39. The van der Waals surface area contributed by atoms with Gasteiger partial charge in [-0.3, -0.25) is 9.89 Å². The third-order valence-corrected chi connectivity index (χ3v) is 5.30. The van der Waals surface area contributed by atoms with Crippen molar-refractivity contribution < 1.29 is 9.53 Å². The van der Waals surface area contributed by atoms with Crippen LogP contribution >= 0.6 is 0 Å². The lowest BCUT2D eigenvalue weighted by Crippen LogP contribution is -2.32. The number of aromatic nitrogens is 5. The average Bonchev–Trinajstić information content (AvgIpc) is 3.10. The summed E-state index contributed by atoms with van der Waals surface area (Å²) in [7, 11) is 1.68. The largest absolute Gasteiger partial charge is 0.380 e. The van der Waals surface area contributed by atoms with Gasteiger partial charge in [-0.25, -0.2) is 9.97 Å². The van der Waals surface area contributed by atoms with Crippen LogP contribution in [0.15, 0.2) is 24.5 Å². The number of H-pyrrole nitrogens is 2. The van der Waals surface area contributed by atoms with Gasteiger partial charge in [0, 0.05) is 31.6 Å². The lowest BCUT2D eigenvalue weighted by molar-refractivity contribution is 0.0684. The number of nitrogens with one attached hydrogen (secondary N) is 2. The van der Waals surface area contributed by atoms with Gasteiger partial charge in [0.05, 0.1) is 29.5 Å². The van der Waals surface area contributed by atoms with E-state index >= 15 is 0 Å². The molecular formula is C18H20N6O2. The first-order valence-corrected chi connectivity index (χ1v) is 8.92. The summed E-state index contributed by atoms with van der Waals surface area (Å²) in [5.41, 5.74) is 2.33. The van der Waals surface area contributed by atoms with Gasteiger partial charge in [-0.05, 0) is 31.0 Å². The van der Waals surface area contributed by atoms with Crippen LogP contribution in [-0.2, 0) is 4.74 Å². The molecule has 5 rings (SSSR count). The van der Waals surface area contributed by atoms with E-state index in [1.54, 1.807) is 13.4 Å². The van der Waals surface area contributed by atoms with Crippen molar-refractivity contribution in [2.45, 2.75) is 37.3 Å². The molecule has 2 atom stereocenters. The lowest BCUT2D eigenvalue weighted by Gasteiger charge is -2.22. The number of fused-ring (bicyclic) bond motifs is 1. The van der Waals surface area contributed by atoms with Crippen LogP contribution in [-0.4, -0.2) is 55.7 Å². The second kappa shape index (κ2) is 5.91. The molecule has 1 saturated heterocycles. The summed E-state index contributed by atoms with van der Waals surface area (Å²) in [5.74, 6) is 2.07. The molecule has 1 aliphatic heterocycles. The van der Waals surface area contributed by atoms with Crippen LogP contribution in [0.25, 0.3) is 11.0 Å². The van der Waals surface area contributed by atoms with Crippen LogP contribution in [0.2, 0.25) is 0 Å². The van der Waals surface area contributed by atoms with Crippen LogP contribution in [0.3, 0.4) is 0 Å². The number of aromatic amines is 2. The van der Waals surface area contributed by atoms with Crippen molar-refractivity contribution >= 4 is 16.9 Å². The summed E-state index contributed by atoms with van der Waals surface area (Å²) >= 11 is 0. The SMILES string of the molecule is CO[C@@H]1C[C@@H](c2nc(C3CC3)n[nH]2)N(C(=O)c2ccc3nc[nH]c3c2)C1.